The third-order valence-corrected chi connectivity index (χ3v) is 2.71. The first kappa shape index (κ1) is 10.7. The molecule has 76 valence electrons. The minimum Gasteiger partial charge on any atom is -0.344 e. The van der Waals surface area contributed by atoms with Crippen molar-refractivity contribution in [1.29, 1.82) is 0 Å². The fraction of sp³-hybridized carbons (Fsp3) is 0.818. The molecule has 1 aliphatic heterocycles. The van der Waals surface area contributed by atoms with Gasteiger partial charge in [-0.3, -0.25) is 0 Å². The van der Waals surface area contributed by atoms with Crippen LogP contribution < -0.4 is 0 Å². The Morgan fingerprint density at radius 2 is 2.15 bits per heavy atom. The number of ether oxygens (including phenoxy) is 2. The summed E-state index contributed by atoms with van der Waals surface area (Å²) in [6.45, 7) is 10.7. The van der Waals surface area contributed by atoms with Gasteiger partial charge >= 0.3 is 0 Å². The van der Waals surface area contributed by atoms with Gasteiger partial charge in [-0.25, -0.2) is 0 Å². The Hall–Kier alpha value is -0.340. The Morgan fingerprint density at radius 1 is 1.46 bits per heavy atom. The molecule has 2 unspecified atom stereocenters. The Morgan fingerprint density at radius 3 is 2.62 bits per heavy atom. The summed E-state index contributed by atoms with van der Waals surface area (Å²) in [6, 6.07) is 0. The maximum atomic E-state index is 5.64. The molecule has 0 radical (unpaired) electrons. The smallest absolute Gasteiger partial charge is 0.218 e. The monoisotopic (exact) mass is 184 g/mol. The summed E-state index contributed by atoms with van der Waals surface area (Å²) in [6.07, 6.45) is 5.21. The van der Waals surface area contributed by atoms with Gasteiger partial charge in [-0.2, -0.15) is 0 Å². The first-order valence-electron chi connectivity index (χ1n) is 5.12. The van der Waals surface area contributed by atoms with Gasteiger partial charge < -0.3 is 9.47 Å². The highest BCUT2D eigenvalue weighted by molar-refractivity contribution is 5.16. The lowest BCUT2D eigenvalue weighted by molar-refractivity contribution is -0.000964. The third-order valence-electron chi connectivity index (χ3n) is 2.71. The highest BCUT2D eigenvalue weighted by Gasteiger charge is 2.65. The number of unbranched alkanes of at least 4 members (excludes halogenated alkanes) is 1. The van der Waals surface area contributed by atoms with Crippen LogP contribution in [0.3, 0.4) is 0 Å². The first-order valence-corrected chi connectivity index (χ1v) is 5.12. The number of rotatable bonds is 6. The molecule has 1 rings (SSSR count). The second-order valence-electron chi connectivity index (χ2n) is 3.74. The summed E-state index contributed by atoms with van der Waals surface area (Å²) in [4.78, 5) is 0. The normalized spacial score (nSPS) is 37.5. The van der Waals surface area contributed by atoms with Crippen LogP contribution in [0.25, 0.3) is 0 Å². The predicted octanol–water partition coefficient (Wildman–Crippen LogP) is 2.88. The second-order valence-corrected chi connectivity index (χ2v) is 3.74. The highest BCUT2D eigenvalue weighted by atomic mass is 16.8. The first-order chi connectivity index (χ1) is 6.14. The Bertz CT molecular complexity index is 191. The van der Waals surface area contributed by atoms with Crippen molar-refractivity contribution in [2.75, 3.05) is 6.61 Å². The molecule has 0 aromatic heterocycles. The predicted molar refractivity (Wildman–Crippen MR) is 53.6 cm³/mol. The van der Waals surface area contributed by atoms with E-state index in [1.165, 1.54) is 12.8 Å². The van der Waals surface area contributed by atoms with Crippen molar-refractivity contribution in [3.63, 3.8) is 0 Å². The van der Waals surface area contributed by atoms with E-state index in [0.29, 0.717) is 6.61 Å². The van der Waals surface area contributed by atoms with Crippen LogP contribution in [0.2, 0.25) is 0 Å². The summed E-state index contributed by atoms with van der Waals surface area (Å²) in [5.41, 5.74) is -0.124. The van der Waals surface area contributed by atoms with Gasteiger partial charge in [-0.1, -0.05) is 26.3 Å². The van der Waals surface area contributed by atoms with E-state index in [2.05, 4.69) is 20.4 Å². The summed E-state index contributed by atoms with van der Waals surface area (Å²) in [5.74, 6) is -0.489. The molecule has 1 saturated heterocycles. The van der Waals surface area contributed by atoms with Crippen molar-refractivity contribution < 1.29 is 9.47 Å². The van der Waals surface area contributed by atoms with Crippen LogP contribution in [0, 0.1) is 0 Å². The van der Waals surface area contributed by atoms with Gasteiger partial charge in [0.2, 0.25) is 5.79 Å². The van der Waals surface area contributed by atoms with E-state index < -0.39 is 5.79 Å². The quantitative estimate of drug-likeness (QED) is 0.467. The summed E-state index contributed by atoms with van der Waals surface area (Å²) in [5, 5.41) is 0. The van der Waals surface area contributed by atoms with Gasteiger partial charge in [0.15, 0.2) is 0 Å². The van der Waals surface area contributed by atoms with Gasteiger partial charge in [-0.05, 0) is 26.3 Å². The van der Waals surface area contributed by atoms with E-state index in [4.69, 9.17) is 9.47 Å². The van der Waals surface area contributed by atoms with Crippen LogP contribution in [0.1, 0.15) is 40.0 Å². The summed E-state index contributed by atoms with van der Waals surface area (Å²) in [7, 11) is 0. The maximum Gasteiger partial charge on any atom is 0.218 e. The summed E-state index contributed by atoms with van der Waals surface area (Å²) < 4.78 is 11.2. The molecule has 1 aliphatic rings. The fourth-order valence-electron chi connectivity index (χ4n) is 1.76. The SMILES string of the molecule is C=CC1(OCC)OC1(C)CCCC. The van der Waals surface area contributed by atoms with Crippen molar-refractivity contribution in [2.45, 2.75) is 51.4 Å². The van der Waals surface area contributed by atoms with E-state index in [9.17, 15) is 0 Å². The molecule has 0 aromatic carbocycles. The zero-order chi connectivity index (χ0) is 9.95. The molecule has 1 heterocycles. The van der Waals surface area contributed by atoms with Crippen LogP contribution in [0.15, 0.2) is 12.7 Å². The maximum absolute atomic E-state index is 5.64. The molecule has 0 aliphatic carbocycles. The molecular weight excluding hydrogens is 164 g/mol. The molecule has 2 nitrogen and oxygen atoms in total. The van der Waals surface area contributed by atoms with Crippen LogP contribution in [0.5, 0.6) is 0 Å². The van der Waals surface area contributed by atoms with Crippen LogP contribution in [-0.2, 0) is 9.47 Å². The molecular formula is C11H20O2. The lowest BCUT2D eigenvalue weighted by Gasteiger charge is -2.12. The molecule has 0 N–H and O–H groups in total. The number of hydrogen-bond acceptors (Lipinski definition) is 2. The fourth-order valence-corrected chi connectivity index (χ4v) is 1.76. The van der Waals surface area contributed by atoms with Crippen LogP contribution >= 0.6 is 0 Å². The van der Waals surface area contributed by atoms with E-state index in [1.807, 2.05) is 6.92 Å². The van der Waals surface area contributed by atoms with Crippen molar-refractivity contribution in [3.8, 4) is 0 Å². The minimum atomic E-state index is -0.489. The molecule has 0 bridgehead atoms. The lowest BCUT2D eigenvalue weighted by atomic mass is 9.98. The molecule has 1 fully saturated rings. The van der Waals surface area contributed by atoms with E-state index in [0.717, 1.165) is 6.42 Å². The van der Waals surface area contributed by atoms with Crippen LogP contribution in [-0.4, -0.2) is 18.0 Å². The van der Waals surface area contributed by atoms with Crippen molar-refractivity contribution in [3.05, 3.63) is 12.7 Å². The zero-order valence-corrected chi connectivity index (χ0v) is 8.93. The summed E-state index contributed by atoms with van der Waals surface area (Å²) >= 11 is 0. The number of hydrogen-bond donors (Lipinski definition) is 0. The van der Waals surface area contributed by atoms with Gasteiger partial charge in [0.25, 0.3) is 0 Å². The topological polar surface area (TPSA) is 21.8 Å². The molecule has 13 heavy (non-hydrogen) atoms. The Labute approximate surface area is 80.9 Å². The number of epoxide rings is 1. The standard InChI is InChI=1S/C11H20O2/c1-5-8-9-10(4)11(6-2,13-10)12-7-3/h6H,2,5,7-9H2,1,3-4H3. The molecule has 0 amide bonds. The minimum absolute atomic E-state index is 0.124. The van der Waals surface area contributed by atoms with Gasteiger partial charge in [-0.15, -0.1) is 0 Å². The molecule has 0 saturated carbocycles. The molecule has 2 heteroatoms. The van der Waals surface area contributed by atoms with E-state index in [1.54, 1.807) is 6.08 Å². The zero-order valence-electron chi connectivity index (χ0n) is 8.93. The van der Waals surface area contributed by atoms with Gasteiger partial charge in [0.1, 0.15) is 5.60 Å². The van der Waals surface area contributed by atoms with Crippen molar-refractivity contribution in [1.82, 2.24) is 0 Å². The molecule has 2 atom stereocenters. The lowest BCUT2D eigenvalue weighted by Crippen LogP contribution is -2.24. The largest absolute Gasteiger partial charge is 0.344 e. The molecule has 0 spiro atoms. The Kier molecular flexibility index (Phi) is 3.14. The third kappa shape index (κ3) is 1.79. The average molecular weight is 184 g/mol. The van der Waals surface area contributed by atoms with E-state index in [-0.39, 0.29) is 5.60 Å². The van der Waals surface area contributed by atoms with E-state index >= 15 is 0 Å². The second kappa shape index (κ2) is 3.81. The van der Waals surface area contributed by atoms with Gasteiger partial charge in [0, 0.05) is 6.61 Å². The van der Waals surface area contributed by atoms with Gasteiger partial charge in [0.05, 0.1) is 0 Å². The Balaban J connectivity index is 2.50. The van der Waals surface area contributed by atoms with Crippen LogP contribution in [0.4, 0.5) is 0 Å². The highest BCUT2D eigenvalue weighted by Crippen LogP contribution is 2.52. The average Bonchev–Trinajstić information content (AvgIpc) is 2.70. The van der Waals surface area contributed by atoms with Crippen molar-refractivity contribution in [2.24, 2.45) is 0 Å². The van der Waals surface area contributed by atoms with Crippen molar-refractivity contribution >= 4 is 0 Å². The molecule has 0 aromatic rings.